The van der Waals surface area contributed by atoms with Gasteiger partial charge in [-0.15, -0.1) is 0 Å². The lowest BCUT2D eigenvalue weighted by molar-refractivity contribution is -0.197. The van der Waals surface area contributed by atoms with Crippen molar-refractivity contribution >= 4 is 15.7 Å². The van der Waals surface area contributed by atoms with Crippen LogP contribution in [-0.4, -0.2) is 53.5 Å². The van der Waals surface area contributed by atoms with Crippen LogP contribution in [0.15, 0.2) is 35.2 Å². The number of amides is 1. The molecule has 1 aromatic heterocycles. The Morgan fingerprint density at radius 3 is 2.18 bits per heavy atom. The number of nitrogens with zero attached hydrogens (tertiary/aromatic N) is 3. The lowest BCUT2D eigenvalue weighted by Gasteiger charge is -2.25. The van der Waals surface area contributed by atoms with Crippen LogP contribution in [0.25, 0.3) is 5.69 Å². The van der Waals surface area contributed by atoms with E-state index in [1.165, 1.54) is 31.2 Å². The first-order chi connectivity index (χ1) is 15.2. The minimum atomic E-state index is -4.67. The van der Waals surface area contributed by atoms with Crippen molar-refractivity contribution in [3.63, 3.8) is 0 Å². The SMILES string of the molecule is Cc1cc(C(F)(F)F)nn1-c1ccc(S(=O)(=O)C2CCN(C(=O)C3(C(F)(F)F)CC3)C2)cc1. The Hall–Kier alpha value is -2.57. The van der Waals surface area contributed by atoms with Crippen molar-refractivity contribution in [1.29, 1.82) is 0 Å². The molecule has 0 N–H and O–H groups in total. The summed E-state index contributed by atoms with van der Waals surface area (Å²) < 4.78 is 105. The average Bonchev–Trinajstić information content (AvgIpc) is 3.22. The molecule has 0 bridgehead atoms. The molecule has 0 spiro atoms. The Morgan fingerprint density at radius 2 is 1.70 bits per heavy atom. The van der Waals surface area contributed by atoms with Crippen LogP contribution < -0.4 is 0 Å². The second-order valence-corrected chi connectivity index (χ2v) is 10.6. The maximum absolute atomic E-state index is 13.2. The normalized spacial score (nSPS) is 20.8. The Bertz CT molecular complexity index is 1180. The van der Waals surface area contributed by atoms with Crippen molar-refractivity contribution < 1.29 is 39.6 Å². The fourth-order valence-electron chi connectivity index (χ4n) is 4.06. The molecule has 1 aromatic carbocycles. The van der Waals surface area contributed by atoms with Crippen LogP contribution in [0.4, 0.5) is 26.3 Å². The summed E-state index contributed by atoms with van der Waals surface area (Å²) in [4.78, 5) is 13.2. The molecule has 180 valence electrons. The number of carbonyl (C=O) groups excluding carboxylic acids is 1. The average molecular weight is 495 g/mol. The Labute approximate surface area is 185 Å². The number of likely N-dealkylation sites (tertiary alicyclic amines) is 1. The number of aromatic nitrogens is 2. The van der Waals surface area contributed by atoms with Gasteiger partial charge in [0, 0.05) is 18.8 Å². The third-order valence-electron chi connectivity index (χ3n) is 6.16. The molecule has 1 amide bonds. The summed E-state index contributed by atoms with van der Waals surface area (Å²) in [6.45, 7) is 0.990. The third kappa shape index (κ3) is 4.00. The zero-order valence-electron chi connectivity index (χ0n) is 17.2. The monoisotopic (exact) mass is 495 g/mol. The number of halogens is 6. The zero-order chi connectivity index (χ0) is 24.4. The summed E-state index contributed by atoms with van der Waals surface area (Å²) in [7, 11) is -3.98. The van der Waals surface area contributed by atoms with E-state index in [1.807, 2.05) is 0 Å². The van der Waals surface area contributed by atoms with Gasteiger partial charge in [-0.25, -0.2) is 13.1 Å². The molecule has 33 heavy (non-hydrogen) atoms. The van der Waals surface area contributed by atoms with Gasteiger partial charge in [0.1, 0.15) is 5.41 Å². The lowest BCUT2D eigenvalue weighted by atomic mass is 10.1. The van der Waals surface area contributed by atoms with Crippen molar-refractivity contribution in [2.45, 2.75) is 48.7 Å². The fraction of sp³-hybridized carbons (Fsp3) is 0.500. The van der Waals surface area contributed by atoms with Gasteiger partial charge in [0.2, 0.25) is 5.91 Å². The smallest absolute Gasteiger partial charge is 0.341 e. The van der Waals surface area contributed by atoms with Gasteiger partial charge in [-0.1, -0.05) is 0 Å². The van der Waals surface area contributed by atoms with Crippen LogP contribution in [0.2, 0.25) is 0 Å². The molecule has 1 atom stereocenters. The van der Waals surface area contributed by atoms with Crippen LogP contribution in [0.3, 0.4) is 0 Å². The summed E-state index contributed by atoms with van der Waals surface area (Å²) in [6, 6.07) is 5.88. The number of hydrogen-bond donors (Lipinski definition) is 0. The quantitative estimate of drug-likeness (QED) is 0.603. The number of sulfone groups is 1. The number of aryl methyl sites for hydroxylation is 1. The zero-order valence-corrected chi connectivity index (χ0v) is 18.1. The van der Waals surface area contributed by atoms with Gasteiger partial charge in [-0.3, -0.25) is 4.79 Å². The van der Waals surface area contributed by atoms with Gasteiger partial charge in [-0.2, -0.15) is 31.4 Å². The molecule has 1 aliphatic carbocycles. The first-order valence-electron chi connectivity index (χ1n) is 10.0. The highest BCUT2D eigenvalue weighted by Crippen LogP contribution is 2.58. The van der Waals surface area contributed by atoms with E-state index in [0.29, 0.717) is 0 Å². The van der Waals surface area contributed by atoms with Crippen molar-refractivity contribution in [1.82, 2.24) is 14.7 Å². The maximum Gasteiger partial charge on any atom is 0.435 e. The number of benzene rings is 1. The van der Waals surface area contributed by atoms with Gasteiger partial charge >= 0.3 is 12.4 Å². The predicted molar refractivity (Wildman–Crippen MR) is 103 cm³/mol. The largest absolute Gasteiger partial charge is 0.435 e. The lowest BCUT2D eigenvalue weighted by Crippen LogP contribution is -2.43. The van der Waals surface area contributed by atoms with Crippen LogP contribution >= 0.6 is 0 Å². The van der Waals surface area contributed by atoms with Gasteiger partial charge in [0.05, 0.1) is 15.8 Å². The van der Waals surface area contributed by atoms with Gasteiger partial charge < -0.3 is 4.90 Å². The molecule has 2 aliphatic rings. The van der Waals surface area contributed by atoms with Gasteiger partial charge in [-0.05, 0) is 56.5 Å². The van der Waals surface area contributed by atoms with Crippen molar-refractivity contribution in [3.8, 4) is 5.69 Å². The highest BCUT2D eigenvalue weighted by molar-refractivity contribution is 7.92. The molecule has 0 radical (unpaired) electrons. The number of rotatable bonds is 4. The molecule has 2 heterocycles. The van der Waals surface area contributed by atoms with E-state index in [4.69, 9.17) is 0 Å². The molecule has 13 heteroatoms. The summed E-state index contributed by atoms with van der Waals surface area (Å²) in [5.74, 6) is -1.09. The Balaban J connectivity index is 1.51. The van der Waals surface area contributed by atoms with E-state index in [0.717, 1.165) is 15.6 Å². The minimum Gasteiger partial charge on any atom is -0.341 e. The van der Waals surface area contributed by atoms with Crippen LogP contribution in [0, 0.1) is 12.3 Å². The van der Waals surface area contributed by atoms with Gasteiger partial charge in [0.25, 0.3) is 0 Å². The molecule has 1 unspecified atom stereocenters. The third-order valence-corrected chi connectivity index (χ3v) is 8.35. The molecule has 2 fully saturated rings. The van der Waals surface area contributed by atoms with Crippen LogP contribution in [0.5, 0.6) is 0 Å². The molecular weight excluding hydrogens is 476 g/mol. The van der Waals surface area contributed by atoms with E-state index in [-0.39, 0.29) is 48.6 Å². The summed E-state index contributed by atoms with van der Waals surface area (Å²) in [5.41, 5.74) is -3.07. The van der Waals surface area contributed by atoms with Gasteiger partial charge in [0.15, 0.2) is 15.5 Å². The van der Waals surface area contributed by atoms with Crippen molar-refractivity contribution in [2.24, 2.45) is 5.41 Å². The maximum atomic E-state index is 13.2. The molecule has 1 saturated heterocycles. The van der Waals surface area contributed by atoms with E-state index in [9.17, 15) is 39.6 Å². The second kappa shape index (κ2) is 7.47. The molecule has 1 saturated carbocycles. The van der Waals surface area contributed by atoms with E-state index < -0.39 is 44.5 Å². The first-order valence-corrected chi connectivity index (χ1v) is 11.6. The standard InChI is InChI=1S/C20H19F6N3O3S/c1-12-10-16(19(21,22)23)27-29(12)13-2-4-14(5-3-13)33(31,32)15-6-9-28(11-15)17(30)18(7-8-18)20(24,25)26/h2-5,10,15H,6-9,11H2,1H3. The van der Waals surface area contributed by atoms with Crippen molar-refractivity contribution in [3.05, 3.63) is 41.7 Å². The summed E-state index contributed by atoms with van der Waals surface area (Å²) in [6.07, 6.45) is -9.90. The second-order valence-electron chi connectivity index (χ2n) is 8.36. The highest BCUT2D eigenvalue weighted by Gasteiger charge is 2.69. The van der Waals surface area contributed by atoms with E-state index in [2.05, 4.69) is 5.10 Å². The number of carbonyl (C=O) groups is 1. The summed E-state index contributed by atoms with van der Waals surface area (Å²) in [5, 5.41) is 2.43. The molecule has 2 aromatic rings. The van der Waals surface area contributed by atoms with Crippen molar-refractivity contribution in [2.75, 3.05) is 13.1 Å². The van der Waals surface area contributed by atoms with E-state index in [1.54, 1.807) is 0 Å². The number of alkyl halides is 6. The minimum absolute atomic E-state index is 0.00301. The van der Waals surface area contributed by atoms with Crippen LogP contribution in [0.1, 0.15) is 30.7 Å². The Kier molecular flexibility index (Phi) is 5.34. The summed E-state index contributed by atoms with van der Waals surface area (Å²) >= 11 is 0. The Morgan fingerprint density at radius 1 is 1.09 bits per heavy atom. The van der Waals surface area contributed by atoms with Crippen LogP contribution in [-0.2, 0) is 20.8 Å². The predicted octanol–water partition coefficient (Wildman–Crippen LogP) is 3.92. The number of hydrogen-bond acceptors (Lipinski definition) is 4. The van der Waals surface area contributed by atoms with E-state index >= 15 is 0 Å². The fourth-order valence-corrected chi connectivity index (χ4v) is 5.75. The molecular formula is C20H19F6N3O3S. The molecule has 4 rings (SSSR count). The first kappa shape index (κ1) is 23.6. The molecule has 1 aliphatic heterocycles. The molecule has 6 nitrogen and oxygen atoms in total. The topological polar surface area (TPSA) is 72.3 Å². The highest BCUT2D eigenvalue weighted by atomic mass is 32.2.